The van der Waals surface area contributed by atoms with Crippen LogP contribution in [0.5, 0.6) is 5.75 Å². The summed E-state index contributed by atoms with van der Waals surface area (Å²) in [5.74, 6) is 1.46. The summed E-state index contributed by atoms with van der Waals surface area (Å²) < 4.78 is 10.3. The molecule has 0 spiro atoms. The highest BCUT2D eigenvalue weighted by Gasteiger charge is 2.18. The fourth-order valence-corrected chi connectivity index (χ4v) is 3.21. The van der Waals surface area contributed by atoms with Crippen molar-refractivity contribution in [3.63, 3.8) is 0 Å². The number of likely N-dealkylation sites (tertiary alicyclic amines) is 1. The monoisotopic (exact) mass is 358 g/mol. The Kier molecular flexibility index (Phi) is 6.22. The van der Waals surface area contributed by atoms with Gasteiger partial charge in [0, 0.05) is 24.7 Å². The largest absolute Gasteiger partial charge is 0.497 e. The van der Waals surface area contributed by atoms with Gasteiger partial charge in [-0.15, -0.1) is 0 Å². The number of hydrogen-bond donors (Lipinski definition) is 1. The minimum Gasteiger partial charge on any atom is -0.497 e. The van der Waals surface area contributed by atoms with Gasteiger partial charge in [0.25, 0.3) is 0 Å². The Morgan fingerprint density at radius 1 is 1.35 bits per heavy atom. The lowest BCUT2D eigenvalue weighted by Crippen LogP contribution is -2.42. The third kappa shape index (κ3) is 4.82. The van der Waals surface area contributed by atoms with Crippen molar-refractivity contribution in [3.05, 3.63) is 30.2 Å². The van der Waals surface area contributed by atoms with Crippen LogP contribution in [0, 0.1) is 0 Å². The molecule has 26 heavy (non-hydrogen) atoms. The van der Waals surface area contributed by atoms with Crippen LogP contribution < -0.4 is 10.1 Å². The number of carbonyl (C=O) groups excluding carboxylic acids is 1. The maximum absolute atomic E-state index is 12.1. The molecular formula is C19H26N4O3. The van der Waals surface area contributed by atoms with E-state index in [0.29, 0.717) is 24.3 Å². The molecule has 1 N–H and O–H groups in total. The second-order valence-electron chi connectivity index (χ2n) is 6.65. The highest BCUT2D eigenvalue weighted by molar-refractivity contribution is 5.77. The molecule has 1 amide bonds. The van der Waals surface area contributed by atoms with Gasteiger partial charge in [-0.05, 0) is 50.6 Å². The molecular weight excluding hydrogens is 332 g/mol. The molecule has 7 heteroatoms. The van der Waals surface area contributed by atoms with Gasteiger partial charge in [0.2, 0.25) is 17.6 Å². The minimum atomic E-state index is -0.0976. The fourth-order valence-electron chi connectivity index (χ4n) is 3.21. The van der Waals surface area contributed by atoms with Gasteiger partial charge < -0.3 is 14.6 Å². The molecule has 1 unspecified atom stereocenters. The molecule has 1 atom stereocenters. The van der Waals surface area contributed by atoms with Crippen molar-refractivity contribution in [3.8, 4) is 17.1 Å². The number of nitrogens with one attached hydrogen (secondary N) is 1. The topological polar surface area (TPSA) is 80.5 Å². The quantitative estimate of drug-likeness (QED) is 0.818. The molecule has 1 aliphatic heterocycles. The Balaban J connectivity index is 1.46. The molecule has 1 fully saturated rings. The predicted octanol–water partition coefficient (Wildman–Crippen LogP) is 2.28. The van der Waals surface area contributed by atoms with Crippen molar-refractivity contribution >= 4 is 5.91 Å². The summed E-state index contributed by atoms with van der Waals surface area (Å²) >= 11 is 0. The third-order valence-corrected chi connectivity index (χ3v) is 4.79. The minimum absolute atomic E-state index is 0.0959. The van der Waals surface area contributed by atoms with Crippen LogP contribution >= 0.6 is 0 Å². The van der Waals surface area contributed by atoms with Crippen LogP contribution in [0.25, 0.3) is 11.4 Å². The lowest BCUT2D eigenvalue weighted by Gasteiger charge is -2.33. The standard InChI is InChI=1S/C19H26N4O3/c1-14-5-3-4-11-23(14)12-10-20-17(24)13-18-21-19(22-26-18)15-6-8-16(25-2)9-7-15/h6-9,14H,3-5,10-13H2,1-2H3,(H,20,24). The molecule has 2 aromatic rings. The van der Waals surface area contributed by atoms with E-state index in [-0.39, 0.29) is 12.3 Å². The van der Waals surface area contributed by atoms with Gasteiger partial charge in [0.05, 0.1) is 7.11 Å². The van der Waals surface area contributed by atoms with Gasteiger partial charge >= 0.3 is 0 Å². The van der Waals surface area contributed by atoms with Crippen LogP contribution in [0.4, 0.5) is 0 Å². The average molecular weight is 358 g/mol. The van der Waals surface area contributed by atoms with E-state index in [9.17, 15) is 4.79 Å². The van der Waals surface area contributed by atoms with Crippen LogP contribution in [0.3, 0.4) is 0 Å². The zero-order valence-corrected chi connectivity index (χ0v) is 15.4. The normalized spacial score (nSPS) is 17.8. The van der Waals surface area contributed by atoms with Crippen LogP contribution in [-0.4, -0.2) is 53.7 Å². The highest BCUT2D eigenvalue weighted by Crippen LogP contribution is 2.19. The number of ether oxygens (including phenoxy) is 1. The van der Waals surface area contributed by atoms with Crippen molar-refractivity contribution in [2.45, 2.75) is 38.6 Å². The Labute approximate surface area is 153 Å². The van der Waals surface area contributed by atoms with E-state index >= 15 is 0 Å². The van der Waals surface area contributed by atoms with Crippen molar-refractivity contribution in [2.24, 2.45) is 0 Å². The third-order valence-electron chi connectivity index (χ3n) is 4.79. The van der Waals surface area contributed by atoms with Crippen LogP contribution in [0.15, 0.2) is 28.8 Å². The van der Waals surface area contributed by atoms with E-state index in [0.717, 1.165) is 24.4 Å². The number of rotatable bonds is 7. The number of carbonyl (C=O) groups is 1. The SMILES string of the molecule is COc1ccc(-c2noc(CC(=O)NCCN3CCCCC3C)n2)cc1. The van der Waals surface area contributed by atoms with E-state index in [4.69, 9.17) is 9.26 Å². The second kappa shape index (κ2) is 8.80. The van der Waals surface area contributed by atoms with Crippen LogP contribution in [-0.2, 0) is 11.2 Å². The molecule has 140 valence electrons. The summed E-state index contributed by atoms with van der Waals surface area (Å²) in [5.41, 5.74) is 0.820. The Morgan fingerprint density at radius 2 is 2.15 bits per heavy atom. The summed E-state index contributed by atoms with van der Waals surface area (Å²) in [6.45, 7) is 4.89. The molecule has 7 nitrogen and oxygen atoms in total. The van der Waals surface area contributed by atoms with Gasteiger partial charge in [-0.2, -0.15) is 4.98 Å². The molecule has 1 saturated heterocycles. The first-order valence-corrected chi connectivity index (χ1v) is 9.13. The molecule has 1 aromatic heterocycles. The Bertz CT molecular complexity index is 714. The number of amides is 1. The number of aromatic nitrogens is 2. The summed E-state index contributed by atoms with van der Waals surface area (Å²) in [4.78, 5) is 18.8. The first-order valence-electron chi connectivity index (χ1n) is 9.13. The number of nitrogens with zero attached hydrogens (tertiary/aromatic N) is 3. The first kappa shape index (κ1) is 18.4. The van der Waals surface area contributed by atoms with Gasteiger partial charge in [-0.25, -0.2) is 0 Å². The van der Waals surface area contributed by atoms with Crippen molar-refractivity contribution in [2.75, 3.05) is 26.7 Å². The number of benzene rings is 1. The van der Waals surface area contributed by atoms with E-state index < -0.39 is 0 Å². The molecule has 3 rings (SSSR count). The summed E-state index contributed by atoms with van der Waals surface area (Å²) in [5, 5.41) is 6.88. The van der Waals surface area contributed by atoms with E-state index in [1.807, 2.05) is 24.3 Å². The summed E-state index contributed by atoms with van der Waals surface area (Å²) in [7, 11) is 1.62. The molecule has 0 saturated carbocycles. The van der Waals surface area contributed by atoms with E-state index in [2.05, 4.69) is 27.3 Å². The highest BCUT2D eigenvalue weighted by atomic mass is 16.5. The number of methoxy groups -OCH3 is 1. The summed E-state index contributed by atoms with van der Waals surface area (Å²) in [6, 6.07) is 7.98. The zero-order valence-electron chi connectivity index (χ0n) is 15.4. The van der Waals surface area contributed by atoms with Gasteiger partial charge in [0.15, 0.2) is 0 Å². The second-order valence-corrected chi connectivity index (χ2v) is 6.65. The van der Waals surface area contributed by atoms with Gasteiger partial charge in [0.1, 0.15) is 12.2 Å². The zero-order chi connectivity index (χ0) is 18.4. The lowest BCUT2D eigenvalue weighted by molar-refractivity contribution is -0.120. The van der Waals surface area contributed by atoms with Crippen molar-refractivity contribution < 1.29 is 14.1 Å². The maximum atomic E-state index is 12.1. The predicted molar refractivity (Wildman–Crippen MR) is 97.9 cm³/mol. The molecule has 0 radical (unpaired) electrons. The Morgan fingerprint density at radius 3 is 2.88 bits per heavy atom. The Hall–Kier alpha value is -2.41. The number of piperidine rings is 1. The summed E-state index contributed by atoms with van der Waals surface area (Å²) in [6.07, 6.45) is 3.88. The first-order chi connectivity index (χ1) is 12.7. The van der Waals surface area contributed by atoms with E-state index in [1.54, 1.807) is 7.11 Å². The van der Waals surface area contributed by atoms with Gasteiger partial charge in [-0.3, -0.25) is 9.69 Å². The number of hydrogen-bond acceptors (Lipinski definition) is 6. The van der Waals surface area contributed by atoms with Crippen LogP contribution in [0.2, 0.25) is 0 Å². The van der Waals surface area contributed by atoms with Gasteiger partial charge in [-0.1, -0.05) is 11.6 Å². The molecule has 0 aliphatic carbocycles. The molecule has 1 aromatic carbocycles. The van der Waals surface area contributed by atoms with Crippen LogP contribution in [0.1, 0.15) is 32.1 Å². The molecule has 0 bridgehead atoms. The maximum Gasteiger partial charge on any atom is 0.236 e. The molecule has 1 aliphatic rings. The average Bonchev–Trinajstić information content (AvgIpc) is 3.12. The molecule has 2 heterocycles. The fraction of sp³-hybridized carbons (Fsp3) is 0.526. The van der Waals surface area contributed by atoms with Crippen molar-refractivity contribution in [1.29, 1.82) is 0 Å². The lowest BCUT2D eigenvalue weighted by atomic mass is 10.0. The smallest absolute Gasteiger partial charge is 0.236 e. The van der Waals surface area contributed by atoms with Crippen molar-refractivity contribution in [1.82, 2.24) is 20.4 Å². The van der Waals surface area contributed by atoms with E-state index in [1.165, 1.54) is 19.3 Å².